The Hall–Kier alpha value is -1.45. The van der Waals surface area contributed by atoms with Crippen molar-refractivity contribution in [3.63, 3.8) is 0 Å². The Kier molecular flexibility index (Phi) is 4.17. The predicted molar refractivity (Wildman–Crippen MR) is 70.9 cm³/mol. The molecule has 0 radical (unpaired) electrons. The zero-order valence-electron chi connectivity index (χ0n) is 9.59. The molecule has 1 nitrogen and oxygen atoms in total. The van der Waals surface area contributed by atoms with E-state index < -0.39 is 11.6 Å². The minimum Gasteiger partial charge on any atom is -0.294 e. The highest BCUT2D eigenvalue weighted by atomic mass is 35.5. The van der Waals surface area contributed by atoms with Crippen molar-refractivity contribution in [2.24, 2.45) is 0 Å². The molecule has 19 heavy (non-hydrogen) atoms. The van der Waals surface area contributed by atoms with E-state index in [1.807, 2.05) is 0 Å². The highest BCUT2D eigenvalue weighted by molar-refractivity contribution is 6.34. The Balaban J connectivity index is 2.28. The van der Waals surface area contributed by atoms with Gasteiger partial charge in [0, 0.05) is 17.0 Å². The first-order valence-corrected chi connectivity index (χ1v) is 6.15. The van der Waals surface area contributed by atoms with Crippen LogP contribution in [-0.2, 0) is 6.42 Å². The van der Waals surface area contributed by atoms with Crippen molar-refractivity contribution >= 4 is 29.0 Å². The van der Waals surface area contributed by atoms with Crippen LogP contribution in [0.5, 0.6) is 0 Å². The van der Waals surface area contributed by atoms with Gasteiger partial charge in [-0.25, -0.2) is 8.78 Å². The Morgan fingerprint density at radius 1 is 0.947 bits per heavy atom. The van der Waals surface area contributed by atoms with Crippen LogP contribution in [0.3, 0.4) is 0 Å². The largest absolute Gasteiger partial charge is 0.294 e. The number of Topliss-reactive ketones (excluding diaryl/α,β-unsaturated/α-hetero) is 1. The highest BCUT2D eigenvalue weighted by Crippen LogP contribution is 2.22. The van der Waals surface area contributed by atoms with Crippen LogP contribution in [0.1, 0.15) is 15.9 Å². The highest BCUT2D eigenvalue weighted by Gasteiger charge is 2.14. The van der Waals surface area contributed by atoms with E-state index in [4.69, 9.17) is 23.2 Å². The maximum Gasteiger partial charge on any atom is 0.168 e. The summed E-state index contributed by atoms with van der Waals surface area (Å²) in [5.74, 6) is -1.35. The maximum absolute atomic E-state index is 13.1. The summed E-state index contributed by atoms with van der Waals surface area (Å²) in [5, 5.41) is 0.325. The molecule has 0 saturated carbocycles. The van der Waals surface area contributed by atoms with E-state index in [1.54, 1.807) is 0 Å². The van der Waals surface area contributed by atoms with Crippen molar-refractivity contribution in [3.8, 4) is 0 Å². The van der Waals surface area contributed by atoms with Gasteiger partial charge in [0.15, 0.2) is 5.78 Å². The molecule has 0 atom stereocenters. The van der Waals surface area contributed by atoms with Crippen molar-refractivity contribution in [3.05, 3.63) is 69.2 Å². The molecule has 0 aliphatic carbocycles. The van der Waals surface area contributed by atoms with Crippen LogP contribution in [0, 0.1) is 11.6 Å². The number of carbonyl (C=O) groups excluding carboxylic acids is 1. The molecule has 2 aromatic rings. The fraction of sp³-hybridized carbons (Fsp3) is 0.0714. The van der Waals surface area contributed by atoms with Gasteiger partial charge in [-0.05, 0) is 42.0 Å². The van der Waals surface area contributed by atoms with Crippen LogP contribution in [0.2, 0.25) is 10.0 Å². The Bertz CT molecular complexity index is 641. The van der Waals surface area contributed by atoms with Crippen LogP contribution in [0.15, 0.2) is 36.4 Å². The van der Waals surface area contributed by atoms with Gasteiger partial charge in [0.05, 0.1) is 5.02 Å². The van der Waals surface area contributed by atoms with E-state index >= 15 is 0 Å². The lowest BCUT2D eigenvalue weighted by molar-refractivity contribution is 0.0993. The van der Waals surface area contributed by atoms with Gasteiger partial charge in [-0.15, -0.1) is 0 Å². The first-order valence-electron chi connectivity index (χ1n) is 5.39. The van der Waals surface area contributed by atoms with Crippen LogP contribution < -0.4 is 0 Å². The lowest BCUT2D eigenvalue weighted by Crippen LogP contribution is -2.05. The van der Waals surface area contributed by atoms with E-state index in [2.05, 4.69) is 0 Å². The number of ketones is 1. The molecule has 0 aromatic heterocycles. The molecule has 0 saturated heterocycles. The molecule has 0 amide bonds. The third kappa shape index (κ3) is 3.31. The molecule has 0 spiro atoms. The predicted octanol–water partition coefficient (Wildman–Crippen LogP) is 4.70. The van der Waals surface area contributed by atoms with Crippen LogP contribution >= 0.6 is 23.2 Å². The number of rotatable bonds is 3. The summed E-state index contributed by atoms with van der Waals surface area (Å²) in [4.78, 5) is 12.0. The Morgan fingerprint density at radius 3 is 2.26 bits per heavy atom. The van der Waals surface area contributed by atoms with Gasteiger partial charge < -0.3 is 0 Å². The molecule has 0 aliphatic rings. The fourth-order valence-electron chi connectivity index (χ4n) is 1.66. The van der Waals surface area contributed by atoms with Crippen LogP contribution in [0.25, 0.3) is 0 Å². The molecule has 0 N–H and O–H groups in total. The van der Waals surface area contributed by atoms with Crippen molar-refractivity contribution in [2.45, 2.75) is 6.42 Å². The monoisotopic (exact) mass is 300 g/mol. The molecule has 0 aliphatic heterocycles. The van der Waals surface area contributed by atoms with E-state index in [-0.39, 0.29) is 22.8 Å². The van der Waals surface area contributed by atoms with Gasteiger partial charge in [-0.2, -0.15) is 0 Å². The zero-order chi connectivity index (χ0) is 14.0. The number of benzene rings is 2. The molecular formula is C14H8Cl2F2O. The van der Waals surface area contributed by atoms with Gasteiger partial charge in [-0.1, -0.05) is 23.2 Å². The molecule has 2 aromatic carbocycles. The van der Waals surface area contributed by atoms with Gasteiger partial charge >= 0.3 is 0 Å². The lowest BCUT2D eigenvalue weighted by atomic mass is 10.0. The van der Waals surface area contributed by atoms with Crippen molar-refractivity contribution in [1.82, 2.24) is 0 Å². The molecular weight excluding hydrogens is 293 g/mol. The second-order valence-electron chi connectivity index (χ2n) is 3.96. The summed E-state index contributed by atoms with van der Waals surface area (Å²) < 4.78 is 26.0. The minimum absolute atomic E-state index is 0.0255. The summed E-state index contributed by atoms with van der Waals surface area (Å²) in [6.45, 7) is 0. The second kappa shape index (κ2) is 5.68. The van der Waals surface area contributed by atoms with Crippen LogP contribution in [-0.4, -0.2) is 5.78 Å². The first-order chi connectivity index (χ1) is 8.97. The molecule has 0 fully saturated rings. The van der Waals surface area contributed by atoms with Gasteiger partial charge in [-0.3, -0.25) is 4.79 Å². The van der Waals surface area contributed by atoms with E-state index in [0.717, 1.165) is 12.1 Å². The summed E-state index contributed by atoms with van der Waals surface area (Å²) in [5.41, 5.74) is 0.551. The average molecular weight is 301 g/mol. The average Bonchev–Trinajstić information content (AvgIpc) is 2.33. The molecule has 0 unspecified atom stereocenters. The molecule has 0 heterocycles. The third-order valence-electron chi connectivity index (χ3n) is 2.59. The third-order valence-corrected chi connectivity index (χ3v) is 3.27. The fourth-order valence-corrected chi connectivity index (χ4v) is 2.12. The summed E-state index contributed by atoms with van der Waals surface area (Å²) in [6, 6.07) is 7.28. The topological polar surface area (TPSA) is 17.1 Å². The number of hydrogen-bond acceptors (Lipinski definition) is 1. The Labute approximate surface area is 118 Å². The van der Waals surface area contributed by atoms with Crippen molar-refractivity contribution in [2.75, 3.05) is 0 Å². The van der Waals surface area contributed by atoms with Gasteiger partial charge in [0.25, 0.3) is 0 Å². The Morgan fingerprint density at radius 2 is 1.58 bits per heavy atom. The normalized spacial score (nSPS) is 10.5. The summed E-state index contributed by atoms with van der Waals surface area (Å²) >= 11 is 11.7. The lowest BCUT2D eigenvalue weighted by Gasteiger charge is -2.06. The summed E-state index contributed by atoms with van der Waals surface area (Å²) in [7, 11) is 0. The maximum atomic E-state index is 13.1. The zero-order valence-corrected chi connectivity index (χ0v) is 11.1. The van der Waals surface area contributed by atoms with Gasteiger partial charge in [0.1, 0.15) is 11.6 Å². The second-order valence-corrected chi connectivity index (χ2v) is 4.77. The number of carbonyl (C=O) groups is 1. The smallest absolute Gasteiger partial charge is 0.168 e. The molecule has 0 bridgehead atoms. The molecule has 5 heteroatoms. The number of halogens is 4. The van der Waals surface area contributed by atoms with E-state index in [9.17, 15) is 13.6 Å². The van der Waals surface area contributed by atoms with Crippen LogP contribution in [0.4, 0.5) is 8.78 Å². The van der Waals surface area contributed by atoms with Crippen molar-refractivity contribution in [1.29, 1.82) is 0 Å². The quantitative estimate of drug-likeness (QED) is 0.751. The molecule has 98 valence electrons. The standard InChI is InChI=1S/C14H8Cl2F2O/c15-12-4-2-9(17)5-8(12)6-14(19)11-3-1-10(18)7-13(11)16/h1-5,7H,6H2. The molecule has 2 rings (SSSR count). The SMILES string of the molecule is O=C(Cc1cc(F)ccc1Cl)c1ccc(F)cc1Cl. The van der Waals surface area contributed by atoms with E-state index in [0.29, 0.717) is 10.6 Å². The first kappa shape index (κ1) is 14.0. The number of hydrogen-bond donors (Lipinski definition) is 0. The minimum atomic E-state index is -0.523. The van der Waals surface area contributed by atoms with Gasteiger partial charge in [0.2, 0.25) is 0 Å². The summed E-state index contributed by atoms with van der Waals surface area (Å²) in [6.07, 6.45) is -0.0953. The van der Waals surface area contributed by atoms with E-state index in [1.165, 1.54) is 24.3 Å². The van der Waals surface area contributed by atoms with Crippen molar-refractivity contribution < 1.29 is 13.6 Å².